The quantitative estimate of drug-likeness (QED) is 0.855. The van der Waals surface area contributed by atoms with Crippen LogP contribution in [0.2, 0.25) is 5.02 Å². The summed E-state index contributed by atoms with van der Waals surface area (Å²) in [5.41, 5.74) is 0.500. The second-order valence-electron chi connectivity index (χ2n) is 4.09. The number of unbranched alkanes of at least 4 members (excludes halogenated alkanes) is 1. The van der Waals surface area contributed by atoms with Crippen molar-refractivity contribution in [2.24, 2.45) is 0 Å². The predicted octanol–water partition coefficient (Wildman–Crippen LogP) is 2.64. The van der Waals surface area contributed by atoms with Crippen LogP contribution in [0.3, 0.4) is 0 Å². The summed E-state index contributed by atoms with van der Waals surface area (Å²) in [6.07, 6.45) is 2.01. The Kier molecular flexibility index (Phi) is 4.31. The Morgan fingerprint density at radius 1 is 1.39 bits per heavy atom. The third-order valence-electron chi connectivity index (χ3n) is 2.67. The van der Waals surface area contributed by atoms with Crippen molar-refractivity contribution in [3.63, 3.8) is 0 Å². The van der Waals surface area contributed by atoms with E-state index >= 15 is 0 Å². The number of ether oxygens (including phenoxy) is 2. The van der Waals surface area contributed by atoms with Crippen LogP contribution < -0.4 is 14.8 Å². The van der Waals surface area contributed by atoms with Gasteiger partial charge in [0.1, 0.15) is 13.2 Å². The van der Waals surface area contributed by atoms with Crippen LogP contribution in [0.1, 0.15) is 30.1 Å². The molecular weight excluding hydrogens is 254 g/mol. The third kappa shape index (κ3) is 2.88. The fourth-order valence-corrected chi connectivity index (χ4v) is 1.99. The van der Waals surface area contributed by atoms with Crippen molar-refractivity contribution in [2.75, 3.05) is 19.8 Å². The van der Waals surface area contributed by atoms with Gasteiger partial charge in [-0.15, -0.1) is 0 Å². The van der Waals surface area contributed by atoms with E-state index in [0.717, 1.165) is 12.8 Å². The SMILES string of the molecule is CCCCNC(=O)c1cc(Cl)c2c(c1)OCCO2. The lowest BCUT2D eigenvalue weighted by Crippen LogP contribution is -2.25. The van der Waals surface area contributed by atoms with Gasteiger partial charge < -0.3 is 14.8 Å². The highest BCUT2D eigenvalue weighted by Crippen LogP contribution is 2.38. The molecule has 98 valence electrons. The summed E-state index contributed by atoms with van der Waals surface area (Å²) in [6, 6.07) is 3.28. The summed E-state index contributed by atoms with van der Waals surface area (Å²) in [7, 11) is 0. The average molecular weight is 270 g/mol. The van der Waals surface area contributed by atoms with Gasteiger partial charge in [0, 0.05) is 12.1 Å². The highest BCUT2D eigenvalue weighted by Gasteiger charge is 2.18. The zero-order valence-corrected chi connectivity index (χ0v) is 11.0. The normalized spacial score (nSPS) is 13.2. The van der Waals surface area contributed by atoms with E-state index in [9.17, 15) is 4.79 Å². The van der Waals surface area contributed by atoms with Crippen LogP contribution in [0, 0.1) is 0 Å². The Hall–Kier alpha value is -1.42. The molecule has 2 rings (SSSR count). The molecule has 1 heterocycles. The van der Waals surface area contributed by atoms with Crippen molar-refractivity contribution >= 4 is 17.5 Å². The molecule has 4 nitrogen and oxygen atoms in total. The lowest BCUT2D eigenvalue weighted by atomic mass is 10.1. The van der Waals surface area contributed by atoms with Gasteiger partial charge in [-0.1, -0.05) is 24.9 Å². The minimum absolute atomic E-state index is 0.137. The molecule has 0 aromatic heterocycles. The number of rotatable bonds is 4. The minimum Gasteiger partial charge on any atom is -0.486 e. The van der Waals surface area contributed by atoms with Crippen LogP contribution in [-0.2, 0) is 0 Å². The summed E-state index contributed by atoms with van der Waals surface area (Å²) in [5, 5.41) is 3.25. The Morgan fingerprint density at radius 3 is 2.94 bits per heavy atom. The number of nitrogens with one attached hydrogen (secondary N) is 1. The number of hydrogen-bond acceptors (Lipinski definition) is 3. The average Bonchev–Trinajstić information content (AvgIpc) is 2.39. The topological polar surface area (TPSA) is 47.6 Å². The van der Waals surface area contributed by atoms with Gasteiger partial charge in [0.25, 0.3) is 5.91 Å². The zero-order valence-electron chi connectivity index (χ0n) is 10.3. The van der Waals surface area contributed by atoms with Gasteiger partial charge in [-0.3, -0.25) is 4.79 Å². The first-order valence-corrected chi connectivity index (χ1v) is 6.47. The first-order valence-electron chi connectivity index (χ1n) is 6.09. The molecule has 0 aliphatic carbocycles. The summed E-state index contributed by atoms with van der Waals surface area (Å²) < 4.78 is 10.8. The summed E-state index contributed by atoms with van der Waals surface area (Å²) in [4.78, 5) is 11.9. The van der Waals surface area contributed by atoms with E-state index in [1.54, 1.807) is 12.1 Å². The van der Waals surface area contributed by atoms with Crippen LogP contribution >= 0.6 is 11.6 Å². The molecule has 1 aliphatic rings. The summed E-state index contributed by atoms with van der Waals surface area (Å²) in [5.74, 6) is 0.921. The molecule has 1 amide bonds. The minimum atomic E-state index is -0.137. The highest BCUT2D eigenvalue weighted by atomic mass is 35.5. The van der Waals surface area contributed by atoms with Crippen molar-refractivity contribution < 1.29 is 14.3 Å². The number of carbonyl (C=O) groups excluding carboxylic acids is 1. The molecule has 0 unspecified atom stereocenters. The molecule has 0 atom stereocenters. The number of hydrogen-bond donors (Lipinski definition) is 1. The molecule has 5 heteroatoms. The van der Waals surface area contributed by atoms with E-state index in [-0.39, 0.29) is 5.91 Å². The molecule has 0 fully saturated rings. The van der Waals surface area contributed by atoms with Gasteiger partial charge in [0.15, 0.2) is 11.5 Å². The lowest BCUT2D eigenvalue weighted by molar-refractivity contribution is 0.0952. The first kappa shape index (κ1) is 13.0. The van der Waals surface area contributed by atoms with Gasteiger partial charge in [-0.25, -0.2) is 0 Å². The molecule has 0 radical (unpaired) electrons. The molecule has 1 aliphatic heterocycles. The van der Waals surface area contributed by atoms with Gasteiger partial charge in [-0.2, -0.15) is 0 Å². The molecule has 0 saturated heterocycles. The molecule has 18 heavy (non-hydrogen) atoms. The van der Waals surface area contributed by atoms with Crippen molar-refractivity contribution in [3.05, 3.63) is 22.7 Å². The van der Waals surface area contributed by atoms with Crippen LogP contribution in [0.15, 0.2) is 12.1 Å². The number of carbonyl (C=O) groups is 1. The highest BCUT2D eigenvalue weighted by molar-refractivity contribution is 6.32. The van der Waals surface area contributed by atoms with Crippen LogP contribution in [-0.4, -0.2) is 25.7 Å². The van der Waals surface area contributed by atoms with Crippen molar-refractivity contribution in [1.29, 1.82) is 0 Å². The van der Waals surface area contributed by atoms with Crippen molar-refractivity contribution in [2.45, 2.75) is 19.8 Å². The second kappa shape index (κ2) is 5.96. The van der Waals surface area contributed by atoms with Crippen molar-refractivity contribution in [1.82, 2.24) is 5.32 Å². The summed E-state index contributed by atoms with van der Waals surface area (Å²) >= 11 is 6.07. The van der Waals surface area contributed by atoms with Gasteiger partial charge in [0.05, 0.1) is 5.02 Å². The Bertz CT molecular complexity index is 448. The molecular formula is C13H16ClNO3. The fourth-order valence-electron chi connectivity index (χ4n) is 1.72. The molecule has 1 aromatic carbocycles. The maximum atomic E-state index is 11.9. The van der Waals surface area contributed by atoms with E-state index in [0.29, 0.717) is 41.8 Å². The number of fused-ring (bicyclic) bond motifs is 1. The Balaban J connectivity index is 2.14. The summed E-state index contributed by atoms with van der Waals surface area (Å²) in [6.45, 7) is 3.70. The molecule has 1 N–H and O–H groups in total. The van der Waals surface area contributed by atoms with Gasteiger partial charge in [-0.05, 0) is 18.6 Å². The Morgan fingerprint density at radius 2 is 2.17 bits per heavy atom. The smallest absolute Gasteiger partial charge is 0.251 e. The van der Waals surface area contributed by atoms with Gasteiger partial charge >= 0.3 is 0 Å². The lowest BCUT2D eigenvalue weighted by Gasteiger charge is -2.20. The van der Waals surface area contributed by atoms with Crippen LogP contribution in [0.4, 0.5) is 0 Å². The maximum Gasteiger partial charge on any atom is 0.251 e. The second-order valence-corrected chi connectivity index (χ2v) is 4.50. The van der Waals surface area contributed by atoms with Crippen molar-refractivity contribution in [3.8, 4) is 11.5 Å². The fraction of sp³-hybridized carbons (Fsp3) is 0.462. The van der Waals surface area contributed by atoms with E-state index in [4.69, 9.17) is 21.1 Å². The zero-order chi connectivity index (χ0) is 13.0. The Labute approximate surface area is 111 Å². The molecule has 0 saturated carbocycles. The van der Waals surface area contributed by atoms with Crippen LogP contribution in [0.25, 0.3) is 0 Å². The molecule has 0 bridgehead atoms. The van der Waals surface area contributed by atoms with E-state index in [1.807, 2.05) is 0 Å². The number of amides is 1. The monoisotopic (exact) mass is 269 g/mol. The third-order valence-corrected chi connectivity index (χ3v) is 2.96. The van der Waals surface area contributed by atoms with E-state index in [2.05, 4.69) is 12.2 Å². The maximum absolute atomic E-state index is 11.9. The van der Waals surface area contributed by atoms with E-state index < -0.39 is 0 Å². The number of benzene rings is 1. The predicted molar refractivity (Wildman–Crippen MR) is 69.7 cm³/mol. The largest absolute Gasteiger partial charge is 0.486 e. The molecule has 0 spiro atoms. The van der Waals surface area contributed by atoms with Gasteiger partial charge in [0.2, 0.25) is 0 Å². The standard InChI is InChI=1S/C13H16ClNO3/c1-2-3-4-15-13(16)9-7-10(14)12-11(8-9)17-5-6-18-12/h7-8H,2-6H2,1H3,(H,15,16). The molecule has 1 aromatic rings. The number of halogens is 1. The first-order chi connectivity index (χ1) is 8.72. The van der Waals surface area contributed by atoms with E-state index in [1.165, 1.54) is 0 Å². The van der Waals surface area contributed by atoms with Crippen LogP contribution in [0.5, 0.6) is 11.5 Å².